The Morgan fingerprint density at radius 1 is 1.19 bits per heavy atom. The minimum Gasteiger partial charge on any atom is -0.328 e. The van der Waals surface area contributed by atoms with E-state index in [0.29, 0.717) is 30.1 Å². The molecule has 4 heterocycles. The zero-order valence-electron chi connectivity index (χ0n) is 17.0. The van der Waals surface area contributed by atoms with Crippen molar-refractivity contribution >= 4 is 50.1 Å². The highest BCUT2D eigenvalue weighted by atomic mass is 32.2. The van der Waals surface area contributed by atoms with Gasteiger partial charge in [0.1, 0.15) is 11.5 Å². The van der Waals surface area contributed by atoms with Crippen molar-refractivity contribution in [2.24, 2.45) is 0 Å². The van der Waals surface area contributed by atoms with Crippen LogP contribution in [0.3, 0.4) is 0 Å². The van der Waals surface area contributed by atoms with E-state index in [4.69, 9.17) is 0 Å². The number of anilines is 4. The van der Waals surface area contributed by atoms with Crippen molar-refractivity contribution in [3.05, 3.63) is 66.1 Å². The summed E-state index contributed by atoms with van der Waals surface area (Å²) in [5.74, 6) is 0.675. The minimum absolute atomic E-state index is 0.0206. The predicted molar refractivity (Wildman–Crippen MR) is 121 cm³/mol. The average molecular weight is 449 g/mol. The van der Waals surface area contributed by atoms with E-state index < -0.39 is 10.0 Å². The Morgan fingerprint density at radius 2 is 2.06 bits per heavy atom. The zero-order chi connectivity index (χ0) is 22.3. The second-order valence-electron chi connectivity index (χ2n) is 7.52. The van der Waals surface area contributed by atoms with Gasteiger partial charge in [-0.05, 0) is 35.9 Å². The lowest BCUT2D eigenvalue weighted by atomic mass is 10.1. The number of pyridine rings is 1. The van der Waals surface area contributed by atoms with Crippen molar-refractivity contribution in [1.82, 2.24) is 19.5 Å². The van der Waals surface area contributed by atoms with Crippen molar-refractivity contribution < 1.29 is 13.2 Å². The Labute approximate surface area is 183 Å². The Balaban J connectivity index is 1.43. The van der Waals surface area contributed by atoms with Crippen LogP contribution in [0.15, 0.2) is 55.0 Å². The third-order valence-electron chi connectivity index (χ3n) is 5.00. The minimum atomic E-state index is -3.45. The molecule has 10 nitrogen and oxygen atoms in total. The second kappa shape index (κ2) is 7.61. The number of carbonyl (C=O) groups is 1. The van der Waals surface area contributed by atoms with Crippen molar-refractivity contribution in [2.75, 3.05) is 21.6 Å². The summed E-state index contributed by atoms with van der Waals surface area (Å²) >= 11 is 0. The van der Waals surface area contributed by atoms with Crippen molar-refractivity contribution in [3.8, 4) is 0 Å². The lowest BCUT2D eigenvalue weighted by Crippen LogP contribution is -2.13. The fourth-order valence-corrected chi connectivity index (χ4v) is 4.15. The van der Waals surface area contributed by atoms with Gasteiger partial charge in [-0.15, -0.1) is 0 Å². The molecule has 32 heavy (non-hydrogen) atoms. The van der Waals surface area contributed by atoms with Gasteiger partial charge in [0, 0.05) is 40.9 Å². The summed E-state index contributed by atoms with van der Waals surface area (Å²) < 4.78 is 27.7. The zero-order valence-corrected chi connectivity index (χ0v) is 17.8. The smallest absolute Gasteiger partial charge is 0.230 e. The van der Waals surface area contributed by atoms with Crippen LogP contribution >= 0.6 is 0 Å². The number of nitrogens with zero attached hydrogens (tertiary/aromatic N) is 4. The van der Waals surface area contributed by atoms with Crippen LogP contribution in [0.4, 0.5) is 23.1 Å². The fourth-order valence-electron chi connectivity index (χ4n) is 3.61. The van der Waals surface area contributed by atoms with E-state index in [1.807, 2.05) is 41.1 Å². The third kappa shape index (κ3) is 4.10. The summed E-state index contributed by atoms with van der Waals surface area (Å²) in [6.45, 7) is 0.373. The van der Waals surface area contributed by atoms with E-state index >= 15 is 0 Å². The lowest BCUT2D eigenvalue weighted by molar-refractivity contribution is -0.115. The van der Waals surface area contributed by atoms with Crippen LogP contribution in [0.25, 0.3) is 11.0 Å². The molecule has 0 radical (unpaired) electrons. The molecule has 5 rings (SSSR count). The summed E-state index contributed by atoms with van der Waals surface area (Å²) in [5.41, 5.74) is 3.92. The summed E-state index contributed by atoms with van der Waals surface area (Å²) in [5, 5.41) is 6.84. The molecule has 0 atom stereocenters. The number of rotatable bonds is 6. The number of hydrogen-bond acceptors (Lipinski definition) is 7. The van der Waals surface area contributed by atoms with Gasteiger partial charge in [-0.2, -0.15) is 4.98 Å². The molecule has 0 fully saturated rings. The van der Waals surface area contributed by atoms with E-state index in [2.05, 4.69) is 30.3 Å². The molecule has 0 spiro atoms. The number of benzene rings is 1. The van der Waals surface area contributed by atoms with Gasteiger partial charge >= 0.3 is 0 Å². The van der Waals surface area contributed by atoms with Crippen LogP contribution in [0, 0.1) is 0 Å². The number of sulfonamides is 1. The first-order valence-electron chi connectivity index (χ1n) is 9.77. The molecule has 1 amide bonds. The van der Waals surface area contributed by atoms with Gasteiger partial charge in [-0.25, -0.2) is 18.4 Å². The first kappa shape index (κ1) is 19.9. The Morgan fingerprint density at radius 3 is 2.91 bits per heavy atom. The number of fused-ring (bicyclic) bond motifs is 2. The molecule has 0 bridgehead atoms. The van der Waals surface area contributed by atoms with Gasteiger partial charge < -0.3 is 15.2 Å². The summed E-state index contributed by atoms with van der Waals surface area (Å²) in [6, 6.07) is 11.1. The second-order valence-corrected chi connectivity index (χ2v) is 9.27. The van der Waals surface area contributed by atoms with Gasteiger partial charge in [0.2, 0.25) is 21.9 Å². The van der Waals surface area contributed by atoms with Crippen molar-refractivity contribution in [1.29, 1.82) is 0 Å². The number of aromatic nitrogens is 4. The van der Waals surface area contributed by atoms with Crippen LogP contribution < -0.4 is 15.4 Å². The van der Waals surface area contributed by atoms with E-state index in [1.165, 1.54) is 6.20 Å². The fraction of sp³-hybridized carbons (Fsp3) is 0.143. The molecule has 0 saturated heterocycles. The molecule has 0 unspecified atom stereocenters. The van der Waals surface area contributed by atoms with Gasteiger partial charge in [0.05, 0.1) is 19.2 Å². The van der Waals surface area contributed by atoms with Crippen LogP contribution in [-0.2, 0) is 27.8 Å². The molecule has 4 aromatic rings. The van der Waals surface area contributed by atoms with Crippen LogP contribution in [0.5, 0.6) is 0 Å². The monoisotopic (exact) mass is 449 g/mol. The average Bonchev–Trinajstić information content (AvgIpc) is 3.30. The summed E-state index contributed by atoms with van der Waals surface area (Å²) in [4.78, 5) is 24.7. The topological polar surface area (TPSA) is 131 Å². The molecule has 11 heteroatoms. The van der Waals surface area contributed by atoms with Gasteiger partial charge in [0.15, 0.2) is 0 Å². The maximum Gasteiger partial charge on any atom is 0.230 e. The molecule has 0 aliphatic carbocycles. The van der Waals surface area contributed by atoms with E-state index in [9.17, 15) is 13.2 Å². The van der Waals surface area contributed by atoms with E-state index in [1.54, 1.807) is 12.3 Å². The van der Waals surface area contributed by atoms with Gasteiger partial charge in [-0.1, -0.05) is 6.07 Å². The quantitative estimate of drug-likeness (QED) is 0.412. The van der Waals surface area contributed by atoms with Gasteiger partial charge in [0.25, 0.3) is 0 Å². The number of hydrogen-bond donors (Lipinski definition) is 3. The Bertz CT molecular complexity index is 1460. The Hall–Kier alpha value is -3.99. The summed E-state index contributed by atoms with van der Waals surface area (Å²) in [6.07, 6.45) is 6.56. The first-order chi connectivity index (χ1) is 15.3. The SMILES string of the molecule is CS(=O)(=O)Nc1ncccc1Cn1ccc2cnc(Nc3ccc4c(c3)CC(=O)N4)nc21. The van der Waals surface area contributed by atoms with Crippen molar-refractivity contribution in [2.45, 2.75) is 13.0 Å². The van der Waals surface area contributed by atoms with Crippen LogP contribution in [0.1, 0.15) is 11.1 Å². The normalized spacial score (nSPS) is 13.1. The largest absolute Gasteiger partial charge is 0.328 e. The maximum absolute atomic E-state index is 11.7. The Kier molecular flexibility index (Phi) is 4.74. The maximum atomic E-state index is 11.7. The molecule has 0 saturated carbocycles. The summed E-state index contributed by atoms with van der Waals surface area (Å²) in [7, 11) is -3.45. The van der Waals surface area contributed by atoms with Crippen LogP contribution in [0.2, 0.25) is 0 Å². The number of nitrogens with one attached hydrogen (secondary N) is 3. The molecular formula is C21H19N7O3S. The molecule has 3 N–H and O–H groups in total. The highest BCUT2D eigenvalue weighted by Crippen LogP contribution is 2.27. The third-order valence-corrected chi connectivity index (χ3v) is 5.57. The molecule has 1 aliphatic heterocycles. The lowest BCUT2D eigenvalue weighted by Gasteiger charge is -2.11. The number of carbonyl (C=O) groups excluding carboxylic acids is 1. The predicted octanol–water partition coefficient (Wildman–Crippen LogP) is 2.48. The standard InChI is InChI=1S/C21H19N7O3S/c1-32(30,31)27-19-14(3-2-7-22-19)12-28-8-6-13-11-23-21(26-20(13)28)24-16-4-5-17-15(9-16)10-18(29)25-17/h2-9,11H,10,12H2,1H3,(H,22,27)(H,25,29)(H,23,24,26). The molecule has 162 valence electrons. The molecule has 3 aromatic heterocycles. The highest BCUT2D eigenvalue weighted by molar-refractivity contribution is 7.92. The van der Waals surface area contributed by atoms with Gasteiger partial charge in [-0.3, -0.25) is 9.52 Å². The van der Waals surface area contributed by atoms with Crippen molar-refractivity contribution in [3.63, 3.8) is 0 Å². The van der Waals surface area contributed by atoms with E-state index in [-0.39, 0.29) is 11.7 Å². The highest BCUT2D eigenvalue weighted by Gasteiger charge is 2.18. The number of amides is 1. The van der Waals surface area contributed by atoms with Crippen LogP contribution in [-0.4, -0.2) is 40.1 Å². The first-order valence-corrected chi connectivity index (χ1v) is 11.7. The van der Waals surface area contributed by atoms with E-state index in [0.717, 1.165) is 28.6 Å². The molecule has 1 aliphatic rings. The molecular weight excluding hydrogens is 430 g/mol. The molecule has 1 aromatic carbocycles.